The molecule has 4 aliphatic rings. The molecule has 214 valence electrons. The lowest BCUT2D eigenvalue weighted by Gasteiger charge is -2.40. The largest absolute Gasteiger partial charge is 0.494 e. The van der Waals surface area contributed by atoms with E-state index in [0.29, 0.717) is 25.4 Å². The quantitative estimate of drug-likeness (QED) is 0.375. The highest BCUT2D eigenvalue weighted by atomic mass is 16.6. The molecule has 2 aromatic carbocycles. The predicted octanol–water partition coefficient (Wildman–Crippen LogP) is 5.63. The van der Waals surface area contributed by atoms with Gasteiger partial charge in [-0.1, -0.05) is 54.6 Å². The summed E-state index contributed by atoms with van der Waals surface area (Å²) in [6.07, 6.45) is 14.0. The molecule has 0 bridgehead atoms. The normalized spacial score (nSPS) is 20.7. The molecule has 7 heteroatoms. The zero-order valence-corrected chi connectivity index (χ0v) is 23.6. The number of hydrogen-bond acceptors (Lipinski definition) is 6. The van der Waals surface area contributed by atoms with Crippen LogP contribution < -0.4 is 9.64 Å². The number of carbonyl (C=O) groups excluding carboxylic acids is 1. The average Bonchev–Trinajstić information content (AvgIpc) is 3.04. The highest BCUT2D eigenvalue weighted by Crippen LogP contribution is 2.31. The van der Waals surface area contributed by atoms with E-state index in [2.05, 4.69) is 46.2 Å². The van der Waals surface area contributed by atoms with Gasteiger partial charge in [-0.15, -0.1) is 0 Å². The third kappa shape index (κ3) is 6.85. The minimum Gasteiger partial charge on any atom is -0.494 e. The molecule has 1 atom stereocenters. The van der Waals surface area contributed by atoms with E-state index in [1.807, 2.05) is 41.3 Å². The smallest absolute Gasteiger partial charge is 0.231 e. The summed E-state index contributed by atoms with van der Waals surface area (Å²) in [5.41, 5.74) is 3.51. The highest BCUT2D eigenvalue weighted by molar-refractivity contribution is 5.94. The Morgan fingerprint density at radius 1 is 0.951 bits per heavy atom. The van der Waals surface area contributed by atoms with Crippen molar-refractivity contribution in [1.82, 2.24) is 9.80 Å². The van der Waals surface area contributed by atoms with Crippen molar-refractivity contribution in [2.75, 3.05) is 50.8 Å². The first kappa shape index (κ1) is 27.2. The van der Waals surface area contributed by atoms with E-state index in [1.165, 1.54) is 11.1 Å². The van der Waals surface area contributed by atoms with Gasteiger partial charge in [0.2, 0.25) is 11.8 Å². The maximum absolute atomic E-state index is 13.4. The number of rotatable bonds is 9. The molecule has 0 saturated carbocycles. The molecule has 2 aromatic rings. The predicted molar refractivity (Wildman–Crippen MR) is 160 cm³/mol. The summed E-state index contributed by atoms with van der Waals surface area (Å²) in [7, 11) is 0. The fourth-order valence-corrected chi connectivity index (χ4v) is 6.01. The van der Waals surface area contributed by atoms with E-state index < -0.39 is 0 Å². The molecule has 6 rings (SSSR count). The van der Waals surface area contributed by atoms with Gasteiger partial charge in [0.25, 0.3) is 0 Å². The van der Waals surface area contributed by atoms with Crippen molar-refractivity contribution in [3.8, 4) is 5.75 Å². The van der Waals surface area contributed by atoms with Crippen LogP contribution >= 0.6 is 0 Å². The second-order valence-electron chi connectivity index (χ2n) is 11.1. The van der Waals surface area contributed by atoms with E-state index in [0.717, 1.165) is 81.6 Å². The van der Waals surface area contributed by atoms with Crippen LogP contribution in [0.3, 0.4) is 0 Å². The summed E-state index contributed by atoms with van der Waals surface area (Å²) < 4.78 is 17.7. The monoisotopic (exact) mass is 553 g/mol. The lowest BCUT2D eigenvalue weighted by atomic mass is 9.91. The van der Waals surface area contributed by atoms with Crippen molar-refractivity contribution in [2.24, 2.45) is 5.92 Å². The molecule has 1 aliphatic carbocycles. The Bertz CT molecular complexity index is 1320. The molecule has 7 nitrogen and oxygen atoms in total. The van der Waals surface area contributed by atoms with Crippen molar-refractivity contribution in [3.05, 3.63) is 108 Å². The van der Waals surface area contributed by atoms with Gasteiger partial charge in [-0.05, 0) is 60.9 Å². The molecule has 1 saturated heterocycles. The van der Waals surface area contributed by atoms with Crippen LogP contribution in [-0.2, 0) is 20.7 Å². The van der Waals surface area contributed by atoms with Crippen LogP contribution in [0.4, 0.5) is 5.69 Å². The summed E-state index contributed by atoms with van der Waals surface area (Å²) in [6, 6.07) is 18.2. The van der Waals surface area contributed by atoms with Crippen LogP contribution in [0.1, 0.15) is 31.2 Å². The standard InChI is InChI=1S/C34H39N3O4/c38-33(16-9-21-39-30-13-5-2-6-14-30)37-24-27(22-29-12-7-8-15-31(29)37)23-35-17-19-36(20-18-35)34-26-40-32(25-41-34)28-10-3-1-4-11-28/h1-3,5-8,10,12-15,25-27H,4,9,11,16-24H2. The second kappa shape index (κ2) is 13.1. The molecule has 3 heterocycles. The maximum atomic E-state index is 13.4. The first-order chi connectivity index (χ1) is 20.2. The van der Waals surface area contributed by atoms with Gasteiger partial charge in [0.05, 0.1) is 6.61 Å². The average molecular weight is 554 g/mol. The van der Waals surface area contributed by atoms with E-state index in [-0.39, 0.29) is 5.91 Å². The van der Waals surface area contributed by atoms with Crippen molar-refractivity contribution in [1.29, 1.82) is 0 Å². The molecule has 41 heavy (non-hydrogen) atoms. The number of benzene rings is 2. The van der Waals surface area contributed by atoms with E-state index in [4.69, 9.17) is 14.2 Å². The Labute approximate surface area is 243 Å². The Hall–Kier alpha value is -3.97. The first-order valence-electron chi connectivity index (χ1n) is 14.9. The van der Waals surface area contributed by atoms with Gasteiger partial charge in [0.15, 0.2) is 12.0 Å². The van der Waals surface area contributed by atoms with Crippen LogP contribution in [-0.4, -0.2) is 61.6 Å². The van der Waals surface area contributed by atoms with Gasteiger partial charge in [-0.3, -0.25) is 9.69 Å². The molecule has 0 spiro atoms. The molecule has 1 fully saturated rings. The van der Waals surface area contributed by atoms with Gasteiger partial charge in [-0.25, -0.2) is 0 Å². The Morgan fingerprint density at radius 2 is 1.78 bits per heavy atom. The molecule has 1 unspecified atom stereocenters. The van der Waals surface area contributed by atoms with Gasteiger partial charge in [-0.2, -0.15) is 0 Å². The van der Waals surface area contributed by atoms with E-state index >= 15 is 0 Å². The lowest BCUT2D eigenvalue weighted by molar-refractivity contribution is -0.119. The van der Waals surface area contributed by atoms with Crippen LogP contribution in [0.2, 0.25) is 0 Å². The number of amides is 1. The molecular weight excluding hydrogens is 514 g/mol. The topological polar surface area (TPSA) is 54.5 Å². The summed E-state index contributed by atoms with van der Waals surface area (Å²) in [6.45, 7) is 5.96. The molecule has 1 amide bonds. The fourth-order valence-electron chi connectivity index (χ4n) is 6.01. The van der Waals surface area contributed by atoms with Gasteiger partial charge in [0.1, 0.15) is 12.0 Å². The highest BCUT2D eigenvalue weighted by Gasteiger charge is 2.31. The zero-order chi connectivity index (χ0) is 27.9. The van der Waals surface area contributed by atoms with Crippen LogP contribution in [0.25, 0.3) is 0 Å². The molecule has 0 aromatic heterocycles. The van der Waals surface area contributed by atoms with Gasteiger partial charge >= 0.3 is 0 Å². The number of fused-ring (bicyclic) bond motifs is 1. The molecule has 3 aliphatic heterocycles. The summed E-state index contributed by atoms with van der Waals surface area (Å²) in [5.74, 6) is 3.01. The Balaban J connectivity index is 0.987. The second-order valence-corrected chi connectivity index (χ2v) is 11.1. The van der Waals surface area contributed by atoms with Crippen molar-refractivity contribution < 1.29 is 19.0 Å². The number of piperazine rings is 1. The number of hydrogen-bond donors (Lipinski definition) is 0. The summed E-state index contributed by atoms with van der Waals surface area (Å²) in [4.78, 5) is 20.2. The molecule has 0 N–H and O–H groups in total. The van der Waals surface area contributed by atoms with Crippen LogP contribution in [0, 0.1) is 5.92 Å². The van der Waals surface area contributed by atoms with Gasteiger partial charge in [0, 0.05) is 51.4 Å². The van der Waals surface area contributed by atoms with E-state index in [9.17, 15) is 4.79 Å². The lowest BCUT2D eigenvalue weighted by Crippen LogP contribution is -2.50. The third-order valence-electron chi connectivity index (χ3n) is 8.18. The fraction of sp³-hybridized carbons (Fsp3) is 0.382. The number of nitrogens with zero attached hydrogens (tertiary/aromatic N) is 3. The van der Waals surface area contributed by atoms with Crippen LogP contribution in [0.15, 0.2) is 103 Å². The first-order valence-corrected chi connectivity index (χ1v) is 14.9. The Morgan fingerprint density at radius 3 is 2.56 bits per heavy atom. The maximum Gasteiger partial charge on any atom is 0.231 e. The van der Waals surface area contributed by atoms with Crippen molar-refractivity contribution in [2.45, 2.75) is 32.1 Å². The van der Waals surface area contributed by atoms with E-state index in [1.54, 1.807) is 12.5 Å². The summed E-state index contributed by atoms with van der Waals surface area (Å²) in [5, 5.41) is 0. The van der Waals surface area contributed by atoms with Crippen molar-refractivity contribution >= 4 is 11.6 Å². The number of anilines is 1. The summed E-state index contributed by atoms with van der Waals surface area (Å²) >= 11 is 0. The molecular formula is C34H39N3O4. The molecule has 0 radical (unpaired) electrons. The number of carbonyl (C=O) groups is 1. The third-order valence-corrected chi connectivity index (χ3v) is 8.18. The zero-order valence-electron chi connectivity index (χ0n) is 23.6. The van der Waals surface area contributed by atoms with Crippen LogP contribution in [0.5, 0.6) is 5.75 Å². The minimum atomic E-state index is 0.178. The SMILES string of the molecule is O=C(CCCOc1ccccc1)N1CC(CN2CCN(C3=COC(C4=CC=CCC4)=CO3)CC2)Cc2ccccc21. The van der Waals surface area contributed by atoms with Gasteiger partial charge < -0.3 is 24.0 Å². The number of para-hydroxylation sites is 2. The van der Waals surface area contributed by atoms with Crippen molar-refractivity contribution in [3.63, 3.8) is 0 Å². The Kier molecular flexibility index (Phi) is 8.71. The number of ether oxygens (including phenoxy) is 3. The number of allylic oxidation sites excluding steroid dienone is 4. The minimum absolute atomic E-state index is 0.178.